The second-order valence-corrected chi connectivity index (χ2v) is 23.5. The number of benzene rings is 5. The van der Waals surface area contributed by atoms with Crippen LogP contribution in [0.3, 0.4) is 0 Å². The van der Waals surface area contributed by atoms with Crippen molar-refractivity contribution in [2.45, 2.75) is 123 Å². The minimum Gasteiger partial charge on any atom is -0.507 e. The maximum atomic E-state index is 13.4. The Hall–Kier alpha value is -9.74. The Balaban J connectivity index is 0.799. The third-order valence-corrected chi connectivity index (χ3v) is 16.5. The number of aliphatic hydroxyl groups excluding tert-OH is 12. The molecule has 18 N–H and O–H groups in total. The zero-order chi connectivity index (χ0) is 73.5. The van der Waals surface area contributed by atoms with Gasteiger partial charge in [-0.05, 0) is 95.6 Å². The van der Waals surface area contributed by atoms with Crippen LogP contribution in [0.1, 0.15) is 16.7 Å². The van der Waals surface area contributed by atoms with Gasteiger partial charge in [0.05, 0.1) is 19.3 Å². The lowest BCUT2D eigenvalue weighted by molar-refractivity contribution is -0.358. The summed E-state index contributed by atoms with van der Waals surface area (Å²) in [5, 5.41) is 191. The predicted octanol–water partition coefficient (Wildman–Crippen LogP) is -2.19. The van der Waals surface area contributed by atoms with E-state index in [1.165, 1.54) is 67.8 Å². The molecule has 548 valence electrons. The fourth-order valence-corrected chi connectivity index (χ4v) is 10.8. The number of phenolic OH excluding ortho intramolecular Hbond substituents is 6. The molecule has 5 aliphatic heterocycles. The largest absolute Gasteiger partial charge is 0.507 e. The number of fused-ring (bicyclic) bond motifs is 1. The van der Waals surface area contributed by atoms with E-state index in [2.05, 4.69) is 0 Å². The molecule has 0 radical (unpaired) electrons. The van der Waals surface area contributed by atoms with Crippen molar-refractivity contribution in [3.63, 3.8) is 0 Å². The first-order valence-corrected chi connectivity index (χ1v) is 30.9. The second kappa shape index (κ2) is 32.5. The highest BCUT2D eigenvalue weighted by Gasteiger charge is 2.53. The Morgan fingerprint density at radius 1 is 0.412 bits per heavy atom. The third kappa shape index (κ3) is 17.2. The van der Waals surface area contributed by atoms with E-state index in [9.17, 15) is 111 Å². The molecule has 0 unspecified atom stereocenters. The number of phenols is 6. The summed E-state index contributed by atoms with van der Waals surface area (Å²) in [5.74, 6) is -7.68. The minimum atomic E-state index is -2.19. The Morgan fingerprint density at radius 2 is 0.863 bits per heavy atom. The van der Waals surface area contributed by atoms with E-state index in [1.807, 2.05) is 0 Å². The number of carbonyl (C=O) groups is 3. The lowest BCUT2D eigenvalue weighted by Gasteiger charge is -2.46. The van der Waals surface area contributed by atoms with Gasteiger partial charge in [0.15, 0.2) is 75.3 Å². The molecule has 102 heavy (non-hydrogen) atoms. The molecule has 20 atom stereocenters. The maximum absolute atomic E-state index is 13.4. The van der Waals surface area contributed by atoms with Gasteiger partial charge in [-0.25, -0.2) is 14.4 Å². The number of carbonyl (C=O) groups excluding carboxylic acids is 3. The number of aromatic hydroxyl groups is 6. The minimum absolute atomic E-state index is 0.0846. The van der Waals surface area contributed by atoms with Crippen LogP contribution in [-0.4, -0.2) is 266 Å². The Bertz CT molecular complexity index is 4060. The predicted molar refractivity (Wildman–Crippen MR) is 337 cm³/mol. The van der Waals surface area contributed by atoms with Gasteiger partial charge in [0.1, 0.15) is 123 Å². The molecule has 0 bridgehead atoms. The van der Waals surface area contributed by atoms with Crippen molar-refractivity contribution in [2.75, 3.05) is 33.5 Å². The quantitative estimate of drug-likeness (QED) is 0.0140. The number of ether oxygens (including phenoxy) is 12. The Kier molecular flexibility index (Phi) is 23.9. The molecule has 4 saturated heterocycles. The first kappa shape index (κ1) is 74.9. The van der Waals surface area contributed by atoms with Gasteiger partial charge < -0.3 is 153 Å². The topological polar surface area (TPSA) is 556 Å². The molecule has 35 heteroatoms. The van der Waals surface area contributed by atoms with Gasteiger partial charge >= 0.3 is 17.9 Å². The highest BCUT2D eigenvalue weighted by atomic mass is 16.8. The zero-order valence-electron chi connectivity index (χ0n) is 53.0. The summed E-state index contributed by atoms with van der Waals surface area (Å²) >= 11 is 0. The second-order valence-electron chi connectivity index (χ2n) is 23.5. The number of rotatable bonds is 23. The van der Waals surface area contributed by atoms with Crippen LogP contribution in [-0.2, 0) is 52.3 Å². The number of methoxy groups -OCH3 is 1. The molecule has 4 aromatic carbocycles. The number of esters is 3. The van der Waals surface area contributed by atoms with E-state index < -0.39 is 201 Å². The fraction of sp³-hybridized carbons (Fsp3) is 0.373. The lowest BCUT2D eigenvalue weighted by Crippen LogP contribution is -2.65. The maximum Gasteiger partial charge on any atom is 0.330 e. The summed E-state index contributed by atoms with van der Waals surface area (Å²) in [7, 11) is 1.24. The van der Waals surface area contributed by atoms with Crippen molar-refractivity contribution >= 4 is 36.1 Å². The van der Waals surface area contributed by atoms with E-state index >= 15 is 0 Å². The molecule has 0 spiro atoms. The van der Waals surface area contributed by atoms with E-state index in [4.69, 9.17) is 61.3 Å². The normalized spacial score (nSPS) is 29.7. The smallest absolute Gasteiger partial charge is 0.330 e. The van der Waals surface area contributed by atoms with Crippen LogP contribution in [0, 0.1) is 0 Å². The van der Waals surface area contributed by atoms with Crippen molar-refractivity contribution in [1.82, 2.24) is 0 Å². The molecule has 35 nitrogen and oxygen atoms in total. The average Bonchev–Trinajstić information content (AvgIpc) is 0.771. The van der Waals surface area contributed by atoms with Crippen LogP contribution in [0.25, 0.3) is 40.9 Å². The van der Waals surface area contributed by atoms with Gasteiger partial charge in [0, 0.05) is 35.9 Å². The van der Waals surface area contributed by atoms with Crippen molar-refractivity contribution in [3.05, 3.63) is 136 Å². The van der Waals surface area contributed by atoms with Crippen molar-refractivity contribution < 1.29 is 168 Å². The Morgan fingerprint density at radius 3 is 1.41 bits per heavy atom. The molecular weight excluding hydrogens is 1360 g/mol. The first-order chi connectivity index (χ1) is 48.6. The molecule has 0 aromatic heterocycles. The number of aliphatic hydroxyl groups is 12. The summed E-state index contributed by atoms with van der Waals surface area (Å²) in [4.78, 5) is 51.5. The molecule has 6 aliphatic rings. The molecule has 4 aromatic rings. The molecule has 0 saturated carbocycles. The van der Waals surface area contributed by atoms with E-state index in [0.29, 0.717) is 0 Å². The van der Waals surface area contributed by atoms with Crippen molar-refractivity contribution in [3.8, 4) is 80.1 Å². The van der Waals surface area contributed by atoms with Crippen LogP contribution >= 0.6 is 0 Å². The molecule has 10 rings (SSSR count). The van der Waals surface area contributed by atoms with Gasteiger partial charge in [0.2, 0.25) is 18.9 Å². The summed E-state index contributed by atoms with van der Waals surface area (Å²) in [6.07, 6.45) is -31.2. The van der Waals surface area contributed by atoms with E-state index in [-0.39, 0.29) is 68.1 Å². The van der Waals surface area contributed by atoms with Gasteiger partial charge in [0.25, 0.3) is 0 Å². The van der Waals surface area contributed by atoms with Crippen LogP contribution < -0.4 is 24.4 Å². The summed E-state index contributed by atoms with van der Waals surface area (Å²) in [6, 6.07) is 17.8. The summed E-state index contributed by atoms with van der Waals surface area (Å²) < 4.78 is 73.6. The van der Waals surface area contributed by atoms with E-state index in [1.54, 1.807) is 0 Å². The van der Waals surface area contributed by atoms with Gasteiger partial charge in [-0.3, -0.25) is 4.79 Å². The molecule has 4 fully saturated rings. The van der Waals surface area contributed by atoms with Crippen LogP contribution in [0.15, 0.2) is 118 Å². The number of hydrogen-bond acceptors (Lipinski definition) is 35. The summed E-state index contributed by atoms with van der Waals surface area (Å²) in [5.41, 5.74) is -0.140. The number of hydrogen-bond donors (Lipinski definition) is 18. The monoisotopic (exact) mass is 1430 g/mol. The van der Waals surface area contributed by atoms with Gasteiger partial charge in [-0.1, -0.05) is 18.2 Å². The average molecular weight is 1440 g/mol. The molecular formula is C67H70O35. The van der Waals surface area contributed by atoms with Crippen molar-refractivity contribution in [1.29, 1.82) is 0 Å². The van der Waals surface area contributed by atoms with Crippen LogP contribution in [0.5, 0.6) is 57.5 Å². The van der Waals surface area contributed by atoms with E-state index in [0.717, 1.165) is 66.8 Å². The van der Waals surface area contributed by atoms with Gasteiger partial charge in [-0.15, -0.1) is 0 Å². The first-order valence-electron chi connectivity index (χ1n) is 30.9. The summed E-state index contributed by atoms with van der Waals surface area (Å²) in [6.45, 7) is -3.17. The standard InChI is InChI=1S/C67H70O35/c1-90-41-19-30(8-11-34(41)71)62-43(22-32-36(73)20-31(69)21-40(32)94-62)97-67-63(102-66-61(89)57(85)53(81)46(100-66)25-92-48(76)13-5-27-2-9-33(70)37(74)16-27)58(86)54(82)47(101-67)26-93-49(77)14-6-28-4-12-39(38(75)17-28)95-64-60(88)56(84)52(80)45(99-64)24-91-50(78)15-7-29-3-10-35(72)42(18-29)96-65-59(87)55(83)51(79)44(23-68)98-65/h2-22,44-47,51-61,63-68,70-75,79-89H,23-26H2,1H3/b13-5?,14-6+,15-7?/t44-,45-,46-,47-,51-,52-,53-,54-,55+,56+,57+,58+,59-,60-,61-,63-,64-,65-,66+,67-/m1/s1. The molecule has 5 heterocycles. The third-order valence-electron chi connectivity index (χ3n) is 16.5. The zero-order valence-corrected chi connectivity index (χ0v) is 53.0. The fourth-order valence-electron chi connectivity index (χ4n) is 10.8. The molecule has 0 amide bonds. The molecule has 1 aliphatic carbocycles. The Labute approximate surface area is 574 Å². The van der Waals surface area contributed by atoms with Crippen LogP contribution in [0.2, 0.25) is 0 Å². The highest BCUT2D eigenvalue weighted by Crippen LogP contribution is 2.44. The highest BCUT2D eigenvalue weighted by molar-refractivity contribution is 5.88. The van der Waals surface area contributed by atoms with Crippen molar-refractivity contribution in [2.24, 2.45) is 0 Å². The van der Waals surface area contributed by atoms with Crippen LogP contribution in [0.4, 0.5) is 0 Å². The van der Waals surface area contributed by atoms with Gasteiger partial charge in [-0.2, -0.15) is 0 Å². The lowest BCUT2D eigenvalue weighted by atomic mass is 9.97. The SMILES string of the molecule is COc1cc(-c2oc3cc(=O)cc(O)c-3cc2O[C@@H]2O[C@H](COC(=O)/C=C/c3ccc(O[C@@H]4O[C@H](COC(=O)C=Cc5ccc(O)c(O[C@@H]6O[C@H](CO)[C@@H](O)[C@H](O)[C@H]6O)c5)[C@@H](O)[C@H](O)[C@H]4O)c(O)c3)[C@@H](O)[C@H](O)[C@H]2O[C@@H]2O[C@H](COC(=O)C=Cc3ccc(O)c(O)c3)[C@@H](O)[C@H](O)[C@H]2O)ccc1O.